The van der Waals surface area contributed by atoms with Crippen molar-refractivity contribution in [1.82, 2.24) is 4.98 Å². The molecule has 1 heterocycles. The van der Waals surface area contributed by atoms with Crippen molar-refractivity contribution in [3.05, 3.63) is 30.5 Å². The fraction of sp³-hybridized carbons (Fsp3) is 0.357. The summed E-state index contributed by atoms with van der Waals surface area (Å²) in [5.74, 6) is 1.67. The summed E-state index contributed by atoms with van der Waals surface area (Å²) < 4.78 is 5.74. The minimum atomic E-state index is 0.700. The van der Waals surface area contributed by atoms with E-state index in [1.165, 1.54) is 12.8 Å². The van der Waals surface area contributed by atoms with Crippen LogP contribution in [-0.2, 0) is 0 Å². The van der Waals surface area contributed by atoms with Gasteiger partial charge in [-0.15, -0.1) is 0 Å². The van der Waals surface area contributed by atoms with Gasteiger partial charge in [0, 0.05) is 11.6 Å². The number of hydrogen-bond donors (Lipinski definition) is 1. The van der Waals surface area contributed by atoms with Gasteiger partial charge < -0.3 is 10.5 Å². The first kappa shape index (κ1) is 10.4. The maximum Gasteiger partial charge on any atom is 0.142 e. The van der Waals surface area contributed by atoms with Gasteiger partial charge in [0.2, 0.25) is 0 Å². The Morgan fingerprint density at radius 3 is 3.00 bits per heavy atom. The Labute approximate surface area is 101 Å². The van der Waals surface area contributed by atoms with E-state index in [4.69, 9.17) is 10.5 Å². The molecule has 88 valence electrons. The van der Waals surface area contributed by atoms with Gasteiger partial charge in [-0.1, -0.05) is 12.8 Å². The Balaban J connectivity index is 1.80. The number of rotatable bonds is 4. The van der Waals surface area contributed by atoms with Crippen LogP contribution in [0.1, 0.15) is 19.3 Å². The summed E-state index contributed by atoms with van der Waals surface area (Å²) in [7, 11) is 0. The van der Waals surface area contributed by atoms with Gasteiger partial charge in [0.15, 0.2) is 0 Å². The van der Waals surface area contributed by atoms with Crippen molar-refractivity contribution in [3.63, 3.8) is 0 Å². The third-order valence-corrected chi connectivity index (χ3v) is 3.27. The quantitative estimate of drug-likeness (QED) is 0.818. The normalized spacial score (nSPS) is 15.1. The number of fused-ring (bicyclic) bond motifs is 1. The van der Waals surface area contributed by atoms with Crippen LogP contribution in [0.3, 0.4) is 0 Å². The molecular weight excluding hydrogens is 212 g/mol. The van der Waals surface area contributed by atoms with Crippen molar-refractivity contribution in [2.24, 2.45) is 5.92 Å². The van der Waals surface area contributed by atoms with E-state index < -0.39 is 0 Å². The Morgan fingerprint density at radius 2 is 2.18 bits per heavy atom. The summed E-state index contributed by atoms with van der Waals surface area (Å²) >= 11 is 0. The smallest absolute Gasteiger partial charge is 0.142 e. The molecule has 2 N–H and O–H groups in total. The van der Waals surface area contributed by atoms with E-state index in [2.05, 4.69) is 4.98 Å². The van der Waals surface area contributed by atoms with Crippen LogP contribution in [-0.4, -0.2) is 11.6 Å². The molecule has 0 saturated heterocycles. The van der Waals surface area contributed by atoms with Gasteiger partial charge in [-0.05, 0) is 36.6 Å². The molecule has 3 heteroatoms. The standard InChI is InChI=1S/C14H16N2O/c15-14-11-2-1-8-16-12(11)5-6-13(14)17-9-7-10-3-4-10/h1-2,5-6,8,10H,3-4,7,9,15H2. The predicted octanol–water partition coefficient (Wildman–Crippen LogP) is 3.00. The van der Waals surface area contributed by atoms with Crippen molar-refractivity contribution in [1.29, 1.82) is 0 Å². The van der Waals surface area contributed by atoms with Gasteiger partial charge in [-0.2, -0.15) is 0 Å². The van der Waals surface area contributed by atoms with Crippen LogP contribution in [0.2, 0.25) is 0 Å². The average molecular weight is 228 g/mol. The number of pyridine rings is 1. The van der Waals surface area contributed by atoms with Crippen molar-refractivity contribution in [3.8, 4) is 5.75 Å². The monoisotopic (exact) mass is 228 g/mol. The fourth-order valence-electron chi connectivity index (χ4n) is 2.02. The molecule has 1 saturated carbocycles. The van der Waals surface area contributed by atoms with E-state index in [1.807, 2.05) is 24.3 Å². The first-order valence-electron chi connectivity index (χ1n) is 6.10. The highest BCUT2D eigenvalue weighted by atomic mass is 16.5. The molecule has 1 aromatic carbocycles. The molecule has 0 unspecified atom stereocenters. The van der Waals surface area contributed by atoms with Crippen LogP contribution >= 0.6 is 0 Å². The molecule has 0 radical (unpaired) electrons. The molecule has 1 aromatic heterocycles. The highest BCUT2D eigenvalue weighted by Gasteiger charge is 2.20. The number of benzene rings is 1. The second kappa shape index (κ2) is 4.24. The summed E-state index contributed by atoms with van der Waals surface area (Å²) in [6.45, 7) is 0.765. The number of aromatic nitrogens is 1. The van der Waals surface area contributed by atoms with E-state index in [1.54, 1.807) is 6.20 Å². The summed E-state index contributed by atoms with van der Waals surface area (Å²) in [6.07, 6.45) is 5.64. The van der Waals surface area contributed by atoms with Crippen molar-refractivity contribution in [2.45, 2.75) is 19.3 Å². The van der Waals surface area contributed by atoms with Crippen LogP contribution in [0.5, 0.6) is 5.75 Å². The molecule has 17 heavy (non-hydrogen) atoms. The molecule has 0 amide bonds. The van der Waals surface area contributed by atoms with Crippen LogP contribution < -0.4 is 10.5 Å². The third-order valence-electron chi connectivity index (χ3n) is 3.27. The lowest BCUT2D eigenvalue weighted by atomic mass is 10.1. The minimum absolute atomic E-state index is 0.700. The van der Waals surface area contributed by atoms with Crippen molar-refractivity contribution >= 4 is 16.6 Å². The number of hydrogen-bond acceptors (Lipinski definition) is 3. The fourth-order valence-corrected chi connectivity index (χ4v) is 2.02. The summed E-state index contributed by atoms with van der Waals surface area (Å²) in [4.78, 5) is 4.27. The second-order valence-corrected chi connectivity index (χ2v) is 4.63. The molecule has 1 aliphatic carbocycles. The SMILES string of the molecule is Nc1c(OCCC2CC2)ccc2ncccc12. The molecule has 3 rings (SSSR count). The Kier molecular flexibility index (Phi) is 2.59. The molecular formula is C14H16N2O. The van der Waals surface area contributed by atoms with Gasteiger partial charge in [-0.25, -0.2) is 0 Å². The van der Waals surface area contributed by atoms with Crippen LogP contribution in [0, 0.1) is 5.92 Å². The van der Waals surface area contributed by atoms with Gasteiger partial charge in [0.25, 0.3) is 0 Å². The van der Waals surface area contributed by atoms with Gasteiger partial charge in [-0.3, -0.25) is 4.98 Å². The van der Waals surface area contributed by atoms with E-state index in [-0.39, 0.29) is 0 Å². The van der Waals surface area contributed by atoms with Crippen molar-refractivity contribution < 1.29 is 4.74 Å². The van der Waals surface area contributed by atoms with Gasteiger partial charge >= 0.3 is 0 Å². The first-order valence-corrected chi connectivity index (χ1v) is 6.10. The lowest BCUT2D eigenvalue weighted by Gasteiger charge is -2.10. The lowest BCUT2D eigenvalue weighted by Crippen LogP contribution is -2.01. The topological polar surface area (TPSA) is 48.1 Å². The number of ether oxygens (including phenoxy) is 1. The Morgan fingerprint density at radius 1 is 1.29 bits per heavy atom. The van der Waals surface area contributed by atoms with E-state index in [0.717, 1.165) is 35.6 Å². The maximum absolute atomic E-state index is 6.09. The average Bonchev–Trinajstić information content (AvgIpc) is 3.17. The van der Waals surface area contributed by atoms with E-state index in [0.29, 0.717) is 5.69 Å². The molecule has 1 fully saturated rings. The highest BCUT2D eigenvalue weighted by molar-refractivity contribution is 5.93. The number of anilines is 1. The number of nitrogen functional groups attached to an aromatic ring is 1. The second-order valence-electron chi connectivity index (χ2n) is 4.63. The third kappa shape index (κ3) is 2.18. The van der Waals surface area contributed by atoms with Crippen LogP contribution in [0.25, 0.3) is 10.9 Å². The highest BCUT2D eigenvalue weighted by Crippen LogP contribution is 2.33. The van der Waals surface area contributed by atoms with Crippen molar-refractivity contribution in [2.75, 3.05) is 12.3 Å². The largest absolute Gasteiger partial charge is 0.491 e. The Hall–Kier alpha value is -1.77. The molecule has 2 aromatic rings. The zero-order valence-electron chi connectivity index (χ0n) is 9.73. The predicted molar refractivity (Wildman–Crippen MR) is 69.0 cm³/mol. The molecule has 0 spiro atoms. The maximum atomic E-state index is 6.09. The van der Waals surface area contributed by atoms with Gasteiger partial charge in [0.05, 0.1) is 17.8 Å². The lowest BCUT2D eigenvalue weighted by molar-refractivity contribution is 0.304. The van der Waals surface area contributed by atoms with E-state index in [9.17, 15) is 0 Å². The zero-order chi connectivity index (χ0) is 11.7. The zero-order valence-corrected chi connectivity index (χ0v) is 9.73. The first-order chi connectivity index (χ1) is 8.34. The summed E-state index contributed by atoms with van der Waals surface area (Å²) in [5, 5.41) is 0.969. The molecule has 0 bridgehead atoms. The summed E-state index contributed by atoms with van der Waals surface area (Å²) in [5.41, 5.74) is 7.70. The summed E-state index contributed by atoms with van der Waals surface area (Å²) in [6, 6.07) is 7.74. The molecule has 3 nitrogen and oxygen atoms in total. The molecule has 1 aliphatic rings. The Bertz CT molecular complexity index is 535. The number of nitrogens with zero attached hydrogens (tertiary/aromatic N) is 1. The molecule has 0 atom stereocenters. The van der Waals surface area contributed by atoms with E-state index >= 15 is 0 Å². The number of nitrogens with two attached hydrogens (primary N) is 1. The molecule has 0 aliphatic heterocycles. The van der Waals surface area contributed by atoms with Crippen LogP contribution in [0.15, 0.2) is 30.5 Å². The van der Waals surface area contributed by atoms with Gasteiger partial charge in [0.1, 0.15) is 5.75 Å². The minimum Gasteiger partial charge on any atom is -0.491 e. The van der Waals surface area contributed by atoms with Crippen LogP contribution in [0.4, 0.5) is 5.69 Å².